The average Bonchev–Trinajstić information content (AvgIpc) is 1.74. The Morgan fingerprint density at radius 2 is 2.00 bits per heavy atom. The topological polar surface area (TPSA) is 35.0 Å². The fourth-order valence-corrected chi connectivity index (χ4v) is 1.20. The second-order valence-corrected chi connectivity index (χ2v) is 2.38. The summed E-state index contributed by atoms with van der Waals surface area (Å²) in [6.07, 6.45) is 2.00. The molecule has 0 atom stereocenters. The van der Waals surface area contributed by atoms with Crippen LogP contribution in [0.4, 0.5) is 4.39 Å². The van der Waals surface area contributed by atoms with E-state index in [1.54, 1.807) is 6.07 Å². The van der Waals surface area contributed by atoms with Crippen molar-refractivity contribution in [1.29, 1.82) is 0 Å². The molecule has 1 aliphatic carbocycles. The van der Waals surface area contributed by atoms with Gasteiger partial charge in [0.25, 0.3) is 0 Å². The third-order valence-electron chi connectivity index (χ3n) is 1.86. The van der Waals surface area contributed by atoms with E-state index < -0.39 is 0 Å². The molecule has 0 heterocycles. The molecule has 3 N–H and O–H groups in total. The minimum Gasteiger partial charge on any atom is -0.344 e. The number of hydrogen-bond donors (Lipinski definition) is 1. The van der Waals surface area contributed by atoms with Crippen LogP contribution in [0.2, 0.25) is 0 Å². The van der Waals surface area contributed by atoms with Crippen molar-refractivity contribution >= 4 is 0 Å². The van der Waals surface area contributed by atoms with Crippen molar-refractivity contribution in [2.24, 2.45) is 0 Å². The van der Waals surface area contributed by atoms with Crippen LogP contribution >= 0.6 is 0 Å². The van der Waals surface area contributed by atoms with Gasteiger partial charge in [-0.3, -0.25) is 0 Å². The maximum absolute atomic E-state index is 12.6. The molecule has 0 spiro atoms. The second kappa shape index (κ2) is 2.39. The molecular formula is C8H10FN. The zero-order valence-electron chi connectivity index (χ0n) is 5.73. The summed E-state index contributed by atoms with van der Waals surface area (Å²) in [5.74, 6) is -0.0289. The summed E-state index contributed by atoms with van der Waals surface area (Å²) in [6, 6.07) is 5.28. The summed E-state index contributed by atoms with van der Waals surface area (Å²) in [5.41, 5.74) is 2.12. The van der Waals surface area contributed by atoms with Crippen molar-refractivity contribution in [2.45, 2.75) is 12.8 Å². The van der Waals surface area contributed by atoms with Gasteiger partial charge < -0.3 is 6.15 Å². The van der Waals surface area contributed by atoms with Crippen LogP contribution in [0.1, 0.15) is 11.1 Å². The molecule has 2 rings (SSSR count). The summed E-state index contributed by atoms with van der Waals surface area (Å²) < 4.78 is 12.6. The van der Waals surface area contributed by atoms with Gasteiger partial charge in [0.2, 0.25) is 0 Å². The highest BCUT2D eigenvalue weighted by molar-refractivity contribution is 5.36. The van der Waals surface area contributed by atoms with Crippen LogP contribution < -0.4 is 6.15 Å². The monoisotopic (exact) mass is 139 g/mol. The van der Waals surface area contributed by atoms with Crippen molar-refractivity contribution < 1.29 is 4.39 Å². The van der Waals surface area contributed by atoms with Gasteiger partial charge in [-0.25, -0.2) is 4.39 Å². The molecule has 54 valence electrons. The first kappa shape index (κ1) is 7.22. The molecule has 0 saturated heterocycles. The van der Waals surface area contributed by atoms with E-state index >= 15 is 0 Å². The van der Waals surface area contributed by atoms with E-state index in [0.717, 1.165) is 18.4 Å². The molecule has 0 fully saturated rings. The van der Waals surface area contributed by atoms with Crippen molar-refractivity contribution in [2.75, 3.05) is 0 Å². The third kappa shape index (κ3) is 0.809. The first-order valence-corrected chi connectivity index (χ1v) is 3.14. The SMILES string of the molecule is Fc1cccc2c1CC2.N. The fourth-order valence-electron chi connectivity index (χ4n) is 1.20. The normalized spacial score (nSPS) is 12.9. The predicted octanol–water partition coefficient (Wildman–Crippen LogP) is 2.09. The number of aryl methyl sites for hydroxylation is 1. The molecule has 1 aromatic rings. The van der Waals surface area contributed by atoms with Crippen molar-refractivity contribution in [3.8, 4) is 0 Å². The third-order valence-corrected chi connectivity index (χ3v) is 1.86. The van der Waals surface area contributed by atoms with E-state index in [9.17, 15) is 4.39 Å². The van der Waals surface area contributed by atoms with E-state index in [1.807, 2.05) is 6.07 Å². The number of rotatable bonds is 0. The Labute approximate surface area is 59.5 Å². The Bertz CT molecular complexity index is 231. The number of hydrogen-bond acceptors (Lipinski definition) is 1. The maximum Gasteiger partial charge on any atom is 0.126 e. The van der Waals surface area contributed by atoms with E-state index in [-0.39, 0.29) is 12.0 Å². The highest BCUT2D eigenvalue weighted by Crippen LogP contribution is 2.24. The maximum atomic E-state index is 12.6. The standard InChI is InChI=1S/C8H7F.H3N/c9-8-3-1-2-6-4-5-7(6)8;/h1-3H,4-5H2;1H3. The van der Waals surface area contributed by atoms with Crippen molar-refractivity contribution in [3.63, 3.8) is 0 Å². The molecule has 0 aliphatic heterocycles. The van der Waals surface area contributed by atoms with Crippen LogP contribution in [0.3, 0.4) is 0 Å². The minimum absolute atomic E-state index is 0. The van der Waals surface area contributed by atoms with Crippen LogP contribution in [0.15, 0.2) is 18.2 Å². The van der Waals surface area contributed by atoms with Crippen molar-refractivity contribution in [3.05, 3.63) is 35.1 Å². The predicted molar refractivity (Wildman–Crippen MR) is 38.8 cm³/mol. The molecule has 0 bridgehead atoms. The molecule has 2 heteroatoms. The molecule has 10 heavy (non-hydrogen) atoms. The quantitative estimate of drug-likeness (QED) is 0.586. The number of benzene rings is 1. The van der Waals surface area contributed by atoms with Gasteiger partial charge in [-0.05, 0) is 30.0 Å². The van der Waals surface area contributed by atoms with Crippen LogP contribution in [0.25, 0.3) is 0 Å². The Hall–Kier alpha value is -0.890. The van der Waals surface area contributed by atoms with Gasteiger partial charge in [-0.15, -0.1) is 0 Å². The lowest BCUT2D eigenvalue weighted by atomic mass is 9.88. The summed E-state index contributed by atoms with van der Waals surface area (Å²) in [7, 11) is 0. The molecule has 1 nitrogen and oxygen atoms in total. The molecule has 0 radical (unpaired) electrons. The average molecular weight is 139 g/mol. The van der Waals surface area contributed by atoms with Gasteiger partial charge in [0.1, 0.15) is 5.82 Å². The Morgan fingerprint density at radius 3 is 2.40 bits per heavy atom. The van der Waals surface area contributed by atoms with Gasteiger partial charge in [0.15, 0.2) is 0 Å². The lowest BCUT2D eigenvalue weighted by Crippen LogP contribution is -2.09. The summed E-state index contributed by atoms with van der Waals surface area (Å²) in [4.78, 5) is 0. The summed E-state index contributed by atoms with van der Waals surface area (Å²) >= 11 is 0. The molecular weight excluding hydrogens is 129 g/mol. The van der Waals surface area contributed by atoms with Crippen molar-refractivity contribution in [1.82, 2.24) is 6.15 Å². The van der Waals surface area contributed by atoms with E-state index in [2.05, 4.69) is 0 Å². The van der Waals surface area contributed by atoms with E-state index in [0.29, 0.717) is 0 Å². The van der Waals surface area contributed by atoms with Gasteiger partial charge in [0, 0.05) is 0 Å². The Morgan fingerprint density at radius 1 is 1.20 bits per heavy atom. The van der Waals surface area contributed by atoms with E-state index in [1.165, 1.54) is 11.6 Å². The summed E-state index contributed by atoms with van der Waals surface area (Å²) in [5, 5.41) is 0. The van der Waals surface area contributed by atoms with Crippen LogP contribution in [0.5, 0.6) is 0 Å². The Kier molecular flexibility index (Phi) is 1.72. The smallest absolute Gasteiger partial charge is 0.126 e. The number of fused-ring (bicyclic) bond motifs is 1. The van der Waals surface area contributed by atoms with Gasteiger partial charge in [0.05, 0.1) is 0 Å². The zero-order chi connectivity index (χ0) is 6.27. The van der Waals surface area contributed by atoms with Crippen LogP contribution in [0, 0.1) is 5.82 Å². The first-order valence-electron chi connectivity index (χ1n) is 3.14. The zero-order valence-corrected chi connectivity index (χ0v) is 5.73. The van der Waals surface area contributed by atoms with Crippen LogP contribution in [-0.4, -0.2) is 0 Å². The van der Waals surface area contributed by atoms with Gasteiger partial charge in [-0.1, -0.05) is 12.1 Å². The highest BCUT2D eigenvalue weighted by atomic mass is 19.1. The second-order valence-electron chi connectivity index (χ2n) is 2.38. The molecule has 0 saturated carbocycles. The fraction of sp³-hybridized carbons (Fsp3) is 0.250. The molecule has 1 aromatic carbocycles. The van der Waals surface area contributed by atoms with E-state index in [4.69, 9.17) is 0 Å². The molecule has 1 aliphatic rings. The number of halogens is 1. The summed E-state index contributed by atoms with van der Waals surface area (Å²) in [6.45, 7) is 0. The first-order chi connectivity index (χ1) is 4.38. The van der Waals surface area contributed by atoms with Crippen LogP contribution in [-0.2, 0) is 12.8 Å². The van der Waals surface area contributed by atoms with Gasteiger partial charge >= 0.3 is 0 Å². The molecule has 0 amide bonds. The lowest BCUT2D eigenvalue weighted by Gasteiger charge is -2.17. The molecule has 0 aromatic heterocycles. The molecule has 0 unspecified atom stereocenters. The lowest BCUT2D eigenvalue weighted by molar-refractivity contribution is 0.589. The largest absolute Gasteiger partial charge is 0.344 e. The van der Waals surface area contributed by atoms with Gasteiger partial charge in [-0.2, -0.15) is 0 Å². The minimum atomic E-state index is -0.0289. The Balaban J connectivity index is 0.000000500. The highest BCUT2D eigenvalue weighted by Gasteiger charge is 2.15.